The lowest BCUT2D eigenvalue weighted by atomic mass is 9.81. The summed E-state index contributed by atoms with van der Waals surface area (Å²) < 4.78 is 18.1. The maximum absolute atomic E-state index is 14.9. The molecule has 1 atom stereocenters. The van der Waals surface area contributed by atoms with E-state index < -0.39 is 0 Å². The number of halogens is 2. The highest BCUT2D eigenvalue weighted by molar-refractivity contribution is 6.21. The summed E-state index contributed by atoms with van der Waals surface area (Å²) in [7, 11) is 1.55. The molecule has 1 amide bonds. The van der Waals surface area contributed by atoms with Crippen LogP contribution >= 0.6 is 11.8 Å². The third-order valence-electron chi connectivity index (χ3n) is 7.30. The molecule has 2 aliphatic heterocycles. The molecule has 0 radical (unpaired) electrons. The molecule has 1 spiro atoms. The van der Waals surface area contributed by atoms with E-state index in [-0.39, 0.29) is 29.6 Å². The number of benzene rings is 1. The maximum atomic E-state index is 14.9. The largest absolute Gasteiger partial charge is 0.340 e. The van der Waals surface area contributed by atoms with Gasteiger partial charge in [0.1, 0.15) is 11.5 Å². The first kappa shape index (κ1) is 24.0. The van der Waals surface area contributed by atoms with Gasteiger partial charge in [-0.2, -0.15) is 4.98 Å². The molecule has 2 aromatic heterocycles. The molecular formula is C26H32ClFN6O. The van der Waals surface area contributed by atoms with Crippen molar-refractivity contribution in [2.45, 2.75) is 39.2 Å². The van der Waals surface area contributed by atoms with Gasteiger partial charge in [-0.25, -0.2) is 9.37 Å². The van der Waals surface area contributed by atoms with Gasteiger partial charge in [-0.15, -0.1) is 0 Å². The highest BCUT2D eigenvalue weighted by Gasteiger charge is 2.43. The quantitative estimate of drug-likeness (QED) is 0.481. The van der Waals surface area contributed by atoms with Crippen LogP contribution in [-0.4, -0.2) is 58.1 Å². The molecule has 186 valence electrons. The summed E-state index contributed by atoms with van der Waals surface area (Å²) in [5.74, 6) is 0.512. The van der Waals surface area contributed by atoms with Crippen molar-refractivity contribution in [2.24, 2.45) is 11.3 Å². The summed E-state index contributed by atoms with van der Waals surface area (Å²) >= 11 is 5.96. The van der Waals surface area contributed by atoms with E-state index in [2.05, 4.69) is 28.6 Å². The SMILES string of the molecule is CC(C)C[C@@H](CC(=O)N(C)Cl)n1ccc2c(-c3ccccc3F)nc(N3CCC4(CNC4)C3)nc21. The Morgan fingerprint density at radius 2 is 2.03 bits per heavy atom. The van der Waals surface area contributed by atoms with Crippen LogP contribution < -0.4 is 10.2 Å². The number of fused-ring (bicyclic) bond motifs is 1. The molecule has 2 aliphatic rings. The average molecular weight is 499 g/mol. The molecule has 0 unspecified atom stereocenters. The molecule has 1 N–H and O–H groups in total. The Balaban J connectivity index is 1.64. The lowest BCUT2D eigenvalue weighted by Gasteiger charge is -2.39. The van der Waals surface area contributed by atoms with E-state index in [1.54, 1.807) is 19.2 Å². The molecule has 5 rings (SSSR count). The fourth-order valence-electron chi connectivity index (χ4n) is 5.36. The second-order valence-corrected chi connectivity index (χ2v) is 11.0. The number of hydrogen-bond acceptors (Lipinski definition) is 5. The minimum atomic E-state index is -0.315. The number of amides is 1. The standard InChI is InChI=1S/C26H32ClFN6O/c1-17(2)12-18(13-22(35)32(3)27)34-10-8-20-23(19-6-4-5-7-21(19)28)30-25(31-24(20)34)33-11-9-26(16-33)14-29-15-26/h4-8,10,17-18,29H,9,11-16H2,1-3H3/t18-/m0/s1. The molecule has 0 bridgehead atoms. The van der Waals surface area contributed by atoms with Gasteiger partial charge in [0.05, 0.1) is 5.69 Å². The predicted molar refractivity (Wildman–Crippen MR) is 137 cm³/mol. The average Bonchev–Trinajstić information content (AvgIpc) is 3.43. The molecule has 1 aromatic carbocycles. The van der Waals surface area contributed by atoms with Gasteiger partial charge in [0, 0.05) is 80.0 Å². The number of rotatable bonds is 7. The van der Waals surface area contributed by atoms with Gasteiger partial charge in [-0.1, -0.05) is 26.0 Å². The highest BCUT2D eigenvalue weighted by atomic mass is 35.5. The maximum Gasteiger partial charge on any atom is 0.238 e. The van der Waals surface area contributed by atoms with Crippen molar-refractivity contribution in [1.82, 2.24) is 24.3 Å². The van der Waals surface area contributed by atoms with E-state index in [9.17, 15) is 9.18 Å². The lowest BCUT2D eigenvalue weighted by molar-refractivity contribution is -0.126. The first-order valence-corrected chi connectivity index (χ1v) is 12.6. The van der Waals surface area contributed by atoms with Crippen molar-refractivity contribution in [3.63, 3.8) is 0 Å². The third-order valence-corrected chi connectivity index (χ3v) is 7.49. The minimum Gasteiger partial charge on any atom is -0.340 e. The Kier molecular flexibility index (Phi) is 6.44. The van der Waals surface area contributed by atoms with Crippen LogP contribution in [0, 0.1) is 17.2 Å². The second kappa shape index (κ2) is 9.39. The molecule has 3 aromatic rings. The van der Waals surface area contributed by atoms with Crippen molar-refractivity contribution in [3.05, 3.63) is 42.3 Å². The second-order valence-electron chi connectivity index (χ2n) is 10.4. The number of nitrogens with one attached hydrogen (secondary N) is 1. The van der Waals surface area contributed by atoms with Gasteiger partial charge in [-0.05, 0) is 37.0 Å². The minimum absolute atomic E-state index is 0.127. The number of carbonyl (C=O) groups is 1. The fraction of sp³-hybridized carbons (Fsp3) is 0.500. The molecule has 35 heavy (non-hydrogen) atoms. The molecule has 9 heteroatoms. The van der Waals surface area contributed by atoms with Crippen molar-refractivity contribution in [3.8, 4) is 11.3 Å². The Morgan fingerprint density at radius 3 is 2.66 bits per heavy atom. The van der Waals surface area contributed by atoms with Gasteiger partial charge < -0.3 is 14.8 Å². The monoisotopic (exact) mass is 498 g/mol. The first-order valence-electron chi connectivity index (χ1n) is 12.3. The third kappa shape index (κ3) is 4.61. The number of aromatic nitrogens is 3. The summed E-state index contributed by atoms with van der Waals surface area (Å²) in [6.45, 7) is 8.03. The van der Waals surface area contributed by atoms with E-state index in [0.717, 1.165) is 54.5 Å². The molecular weight excluding hydrogens is 467 g/mol. The number of hydrogen-bond donors (Lipinski definition) is 1. The predicted octanol–water partition coefficient (Wildman–Crippen LogP) is 4.63. The van der Waals surface area contributed by atoms with Crippen molar-refractivity contribution in [2.75, 3.05) is 38.1 Å². The van der Waals surface area contributed by atoms with E-state index in [0.29, 0.717) is 23.1 Å². The summed E-state index contributed by atoms with van der Waals surface area (Å²) in [6.07, 6.45) is 4.08. The van der Waals surface area contributed by atoms with Gasteiger partial charge in [0.2, 0.25) is 11.9 Å². The van der Waals surface area contributed by atoms with Crippen LogP contribution in [0.5, 0.6) is 0 Å². The molecule has 4 heterocycles. The molecule has 2 fully saturated rings. The van der Waals surface area contributed by atoms with Crippen LogP contribution in [0.15, 0.2) is 36.5 Å². The van der Waals surface area contributed by atoms with Crippen LogP contribution in [-0.2, 0) is 4.79 Å². The number of nitrogens with zero attached hydrogens (tertiary/aromatic N) is 5. The van der Waals surface area contributed by atoms with Crippen molar-refractivity contribution in [1.29, 1.82) is 0 Å². The van der Waals surface area contributed by atoms with Crippen LogP contribution in [0.25, 0.3) is 22.3 Å². The Hall–Kier alpha value is -2.71. The molecule has 0 saturated carbocycles. The highest BCUT2D eigenvalue weighted by Crippen LogP contribution is 2.38. The Bertz CT molecular complexity index is 1240. The number of anilines is 1. The van der Waals surface area contributed by atoms with Gasteiger partial charge in [0.15, 0.2) is 0 Å². The van der Waals surface area contributed by atoms with Crippen LogP contribution in [0.3, 0.4) is 0 Å². The van der Waals surface area contributed by atoms with Gasteiger partial charge in [-0.3, -0.25) is 9.21 Å². The zero-order valence-corrected chi connectivity index (χ0v) is 21.2. The van der Waals surface area contributed by atoms with E-state index in [1.807, 2.05) is 18.3 Å². The van der Waals surface area contributed by atoms with Gasteiger partial charge in [0.25, 0.3) is 0 Å². The van der Waals surface area contributed by atoms with E-state index >= 15 is 0 Å². The first-order chi connectivity index (χ1) is 16.8. The summed E-state index contributed by atoms with van der Waals surface area (Å²) in [4.78, 5) is 24.7. The van der Waals surface area contributed by atoms with Crippen LogP contribution in [0.2, 0.25) is 0 Å². The van der Waals surface area contributed by atoms with Crippen molar-refractivity contribution < 1.29 is 9.18 Å². The number of carbonyl (C=O) groups excluding carboxylic acids is 1. The molecule has 7 nitrogen and oxygen atoms in total. The lowest BCUT2D eigenvalue weighted by Crippen LogP contribution is -2.54. The fourth-order valence-corrected chi connectivity index (χ4v) is 5.43. The molecule has 0 aliphatic carbocycles. The zero-order chi connectivity index (χ0) is 24.7. The Labute approximate surface area is 210 Å². The van der Waals surface area contributed by atoms with Crippen molar-refractivity contribution >= 4 is 34.7 Å². The smallest absolute Gasteiger partial charge is 0.238 e. The molecule has 2 saturated heterocycles. The summed E-state index contributed by atoms with van der Waals surface area (Å²) in [6, 6.07) is 8.54. The topological polar surface area (TPSA) is 66.3 Å². The summed E-state index contributed by atoms with van der Waals surface area (Å²) in [5, 5.41) is 4.16. The zero-order valence-electron chi connectivity index (χ0n) is 20.5. The van der Waals surface area contributed by atoms with E-state index in [1.165, 1.54) is 6.07 Å². The van der Waals surface area contributed by atoms with E-state index in [4.69, 9.17) is 21.7 Å². The van der Waals surface area contributed by atoms with Gasteiger partial charge >= 0.3 is 0 Å². The normalized spacial score (nSPS) is 17.8. The van der Waals surface area contributed by atoms with Crippen LogP contribution in [0.1, 0.15) is 39.2 Å². The Morgan fingerprint density at radius 1 is 1.26 bits per heavy atom. The summed E-state index contributed by atoms with van der Waals surface area (Å²) in [5.41, 5.74) is 2.03. The van der Waals surface area contributed by atoms with Crippen LogP contribution in [0.4, 0.5) is 10.3 Å².